The molecule has 0 saturated carbocycles. The van der Waals surface area contributed by atoms with Gasteiger partial charge in [0.25, 0.3) is 0 Å². The lowest BCUT2D eigenvalue weighted by molar-refractivity contribution is -0.00669. The summed E-state index contributed by atoms with van der Waals surface area (Å²) >= 11 is 5.90. The van der Waals surface area contributed by atoms with E-state index in [1.165, 1.54) is 0 Å². The number of halogens is 1. The van der Waals surface area contributed by atoms with Crippen LogP contribution in [0.1, 0.15) is 24.8 Å². The molecular formula is C9H14ClN3O. The zero-order chi connectivity index (χ0) is 10.1. The summed E-state index contributed by atoms with van der Waals surface area (Å²) in [6.07, 6.45) is 3.52. The van der Waals surface area contributed by atoms with Crippen LogP contribution in [0.25, 0.3) is 0 Å². The van der Waals surface area contributed by atoms with E-state index < -0.39 is 0 Å². The van der Waals surface area contributed by atoms with E-state index in [0.717, 1.165) is 25.3 Å². The number of hydrogen-bond acceptors (Lipinski definition) is 3. The Labute approximate surface area is 88.0 Å². The third-order valence-corrected chi connectivity index (χ3v) is 2.94. The first-order valence-electron chi connectivity index (χ1n) is 4.74. The topological polar surface area (TPSA) is 53.1 Å². The molecule has 2 rings (SSSR count). The molecule has 2 atom stereocenters. The summed E-state index contributed by atoms with van der Waals surface area (Å²) in [4.78, 5) is 4.22. The third-order valence-electron chi connectivity index (χ3n) is 2.59. The van der Waals surface area contributed by atoms with E-state index in [9.17, 15) is 0 Å². The average Bonchev–Trinajstić information content (AvgIpc) is 2.49. The van der Waals surface area contributed by atoms with Crippen LogP contribution in [0.15, 0.2) is 6.20 Å². The Bertz CT molecular complexity index is 326. The molecule has 0 radical (unpaired) electrons. The van der Waals surface area contributed by atoms with Crippen molar-refractivity contribution in [2.24, 2.45) is 12.8 Å². The van der Waals surface area contributed by atoms with E-state index in [0.29, 0.717) is 5.15 Å². The van der Waals surface area contributed by atoms with Gasteiger partial charge in [0.05, 0.1) is 6.20 Å². The van der Waals surface area contributed by atoms with E-state index in [1.807, 2.05) is 11.6 Å². The minimum absolute atomic E-state index is 0.0286. The van der Waals surface area contributed by atoms with Gasteiger partial charge in [-0.05, 0) is 12.8 Å². The predicted molar refractivity (Wildman–Crippen MR) is 54.1 cm³/mol. The van der Waals surface area contributed by atoms with E-state index in [4.69, 9.17) is 22.1 Å². The standard InChI is InChI=1S/C9H14ClN3O/c1-13-7(10)5-12-9(13)8-6(11)3-2-4-14-8/h5-6,8H,2-4,11H2,1H3. The molecule has 1 fully saturated rings. The zero-order valence-electron chi connectivity index (χ0n) is 8.11. The van der Waals surface area contributed by atoms with Gasteiger partial charge in [0.15, 0.2) is 0 Å². The maximum Gasteiger partial charge on any atom is 0.140 e. The van der Waals surface area contributed by atoms with Gasteiger partial charge in [-0.15, -0.1) is 0 Å². The first-order valence-corrected chi connectivity index (χ1v) is 5.12. The van der Waals surface area contributed by atoms with Crippen molar-refractivity contribution in [2.45, 2.75) is 25.0 Å². The lowest BCUT2D eigenvalue weighted by Gasteiger charge is -2.28. The van der Waals surface area contributed by atoms with Crippen molar-refractivity contribution in [3.63, 3.8) is 0 Å². The molecule has 2 unspecified atom stereocenters. The number of rotatable bonds is 1. The van der Waals surface area contributed by atoms with E-state index >= 15 is 0 Å². The molecular weight excluding hydrogens is 202 g/mol. The van der Waals surface area contributed by atoms with Crippen molar-refractivity contribution < 1.29 is 4.74 Å². The molecule has 0 aliphatic carbocycles. The van der Waals surface area contributed by atoms with Gasteiger partial charge in [-0.25, -0.2) is 4.98 Å². The van der Waals surface area contributed by atoms with Crippen molar-refractivity contribution in [1.29, 1.82) is 0 Å². The fraction of sp³-hybridized carbons (Fsp3) is 0.667. The highest BCUT2D eigenvalue weighted by Crippen LogP contribution is 2.27. The summed E-state index contributed by atoms with van der Waals surface area (Å²) in [6, 6.07) is 0.0286. The quantitative estimate of drug-likeness (QED) is 0.767. The summed E-state index contributed by atoms with van der Waals surface area (Å²) in [5.41, 5.74) is 5.97. The van der Waals surface area contributed by atoms with Crippen LogP contribution in [0.2, 0.25) is 5.15 Å². The molecule has 2 N–H and O–H groups in total. The highest BCUT2D eigenvalue weighted by molar-refractivity contribution is 6.29. The van der Waals surface area contributed by atoms with Crippen LogP contribution >= 0.6 is 11.6 Å². The van der Waals surface area contributed by atoms with Crippen molar-refractivity contribution in [1.82, 2.24) is 9.55 Å². The van der Waals surface area contributed by atoms with E-state index in [-0.39, 0.29) is 12.1 Å². The van der Waals surface area contributed by atoms with Crippen LogP contribution in [0.3, 0.4) is 0 Å². The lowest BCUT2D eigenvalue weighted by Crippen LogP contribution is -2.35. The summed E-state index contributed by atoms with van der Waals surface area (Å²) < 4.78 is 7.42. The summed E-state index contributed by atoms with van der Waals surface area (Å²) in [6.45, 7) is 0.753. The van der Waals surface area contributed by atoms with Crippen LogP contribution in [-0.2, 0) is 11.8 Å². The second-order valence-electron chi connectivity index (χ2n) is 3.60. The van der Waals surface area contributed by atoms with Gasteiger partial charge >= 0.3 is 0 Å². The van der Waals surface area contributed by atoms with Crippen LogP contribution in [0.4, 0.5) is 0 Å². The SMILES string of the molecule is Cn1c(Cl)cnc1C1OCCCC1N. The molecule has 0 aromatic carbocycles. The highest BCUT2D eigenvalue weighted by Gasteiger charge is 2.27. The number of imidazole rings is 1. The fourth-order valence-corrected chi connectivity index (χ4v) is 1.87. The van der Waals surface area contributed by atoms with Crippen LogP contribution < -0.4 is 5.73 Å². The molecule has 0 spiro atoms. The Morgan fingerprint density at radius 2 is 2.50 bits per heavy atom. The molecule has 0 bridgehead atoms. The van der Waals surface area contributed by atoms with Gasteiger partial charge in [0, 0.05) is 19.7 Å². The molecule has 4 nitrogen and oxygen atoms in total. The second-order valence-corrected chi connectivity index (χ2v) is 3.98. The largest absolute Gasteiger partial charge is 0.369 e. The maximum absolute atomic E-state index is 5.97. The molecule has 14 heavy (non-hydrogen) atoms. The molecule has 1 aliphatic rings. The van der Waals surface area contributed by atoms with Gasteiger partial charge in [0.1, 0.15) is 17.1 Å². The Morgan fingerprint density at radius 3 is 3.07 bits per heavy atom. The number of aromatic nitrogens is 2. The lowest BCUT2D eigenvalue weighted by atomic mass is 10.0. The van der Waals surface area contributed by atoms with Gasteiger partial charge in [-0.3, -0.25) is 0 Å². The normalized spacial score (nSPS) is 27.9. The summed E-state index contributed by atoms with van der Waals surface area (Å²) in [7, 11) is 1.87. The summed E-state index contributed by atoms with van der Waals surface area (Å²) in [5.74, 6) is 0.821. The Kier molecular flexibility index (Phi) is 2.76. The minimum Gasteiger partial charge on any atom is -0.369 e. The van der Waals surface area contributed by atoms with E-state index in [2.05, 4.69) is 4.98 Å². The van der Waals surface area contributed by atoms with Crippen molar-refractivity contribution in [2.75, 3.05) is 6.61 Å². The smallest absolute Gasteiger partial charge is 0.140 e. The Morgan fingerprint density at radius 1 is 1.71 bits per heavy atom. The van der Waals surface area contributed by atoms with E-state index in [1.54, 1.807) is 6.20 Å². The first kappa shape index (κ1) is 9.96. The molecule has 1 aromatic heterocycles. The number of ether oxygens (including phenoxy) is 1. The Hall–Kier alpha value is -0.580. The highest BCUT2D eigenvalue weighted by atomic mass is 35.5. The van der Waals surface area contributed by atoms with Crippen LogP contribution in [0.5, 0.6) is 0 Å². The number of nitrogens with two attached hydrogens (primary N) is 1. The van der Waals surface area contributed by atoms with Gasteiger partial charge in [-0.2, -0.15) is 0 Å². The summed E-state index contributed by atoms with van der Waals surface area (Å²) in [5, 5.41) is 0.612. The molecule has 5 heteroatoms. The fourth-order valence-electron chi connectivity index (χ4n) is 1.74. The van der Waals surface area contributed by atoms with Crippen molar-refractivity contribution >= 4 is 11.6 Å². The Balaban J connectivity index is 2.24. The molecule has 78 valence electrons. The molecule has 1 aromatic rings. The number of hydrogen-bond donors (Lipinski definition) is 1. The molecule has 1 aliphatic heterocycles. The van der Waals surface area contributed by atoms with Gasteiger partial charge < -0.3 is 15.0 Å². The molecule has 2 heterocycles. The average molecular weight is 216 g/mol. The van der Waals surface area contributed by atoms with Crippen molar-refractivity contribution in [3.05, 3.63) is 17.2 Å². The van der Waals surface area contributed by atoms with Crippen LogP contribution in [-0.4, -0.2) is 22.2 Å². The van der Waals surface area contributed by atoms with Gasteiger partial charge in [0.2, 0.25) is 0 Å². The zero-order valence-corrected chi connectivity index (χ0v) is 8.87. The maximum atomic E-state index is 5.97. The predicted octanol–water partition coefficient (Wildman–Crippen LogP) is 1.25. The monoisotopic (exact) mass is 215 g/mol. The van der Waals surface area contributed by atoms with Crippen LogP contribution in [0, 0.1) is 0 Å². The molecule has 0 amide bonds. The van der Waals surface area contributed by atoms with Gasteiger partial charge in [-0.1, -0.05) is 11.6 Å². The first-order chi connectivity index (χ1) is 6.70. The van der Waals surface area contributed by atoms with Crippen molar-refractivity contribution in [3.8, 4) is 0 Å². The molecule has 1 saturated heterocycles. The second kappa shape index (κ2) is 3.88. The number of nitrogens with zero attached hydrogens (tertiary/aromatic N) is 2. The third kappa shape index (κ3) is 1.65. The minimum atomic E-state index is -0.110.